The van der Waals surface area contributed by atoms with Gasteiger partial charge in [-0.1, -0.05) is 6.07 Å². The molecule has 1 aliphatic heterocycles. The minimum Gasteiger partial charge on any atom is -0.497 e. The summed E-state index contributed by atoms with van der Waals surface area (Å²) < 4.78 is 5.29. The third-order valence-electron chi connectivity index (χ3n) is 4.63. The van der Waals surface area contributed by atoms with Crippen molar-refractivity contribution in [2.75, 3.05) is 13.7 Å². The number of hydrogen-bond donors (Lipinski definition) is 2. The first-order chi connectivity index (χ1) is 11.0. The Morgan fingerprint density at radius 1 is 1.39 bits per heavy atom. The van der Waals surface area contributed by atoms with Gasteiger partial charge in [0.15, 0.2) is 0 Å². The van der Waals surface area contributed by atoms with Crippen molar-refractivity contribution in [3.8, 4) is 5.75 Å². The lowest BCUT2D eigenvalue weighted by atomic mass is 9.92. The summed E-state index contributed by atoms with van der Waals surface area (Å²) in [7, 11) is 1.64. The van der Waals surface area contributed by atoms with Gasteiger partial charge in [-0.05, 0) is 43.5 Å². The highest BCUT2D eigenvalue weighted by molar-refractivity contribution is 5.79. The molecule has 0 fully saturated rings. The van der Waals surface area contributed by atoms with Crippen LogP contribution in [0.15, 0.2) is 23.0 Å². The van der Waals surface area contributed by atoms with Crippen molar-refractivity contribution in [3.63, 3.8) is 0 Å². The molecule has 23 heavy (non-hydrogen) atoms. The van der Waals surface area contributed by atoms with E-state index in [1.54, 1.807) is 14.0 Å². The molecule has 1 atom stereocenters. The first-order valence-electron chi connectivity index (χ1n) is 7.73. The van der Waals surface area contributed by atoms with E-state index in [1.165, 1.54) is 5.56 Å². The molecule has 0 spiro atoms. The summed E-state index contributed by atoms with van der Waals surface area (Å²) in [4.78, 5) is 26.3. The van der Waals surface area contributed by atoms with Crippen LogP contribution in [0.1, 0.15) is 35.3 Å². The van der Waals surface area contributed by atoms with E-state index in [2.05, 4.69) is 16.3 Å². The molecule has 0 aliphatic carbocycles. The van der Waals surface area contributed by atoms with Crippen molar-refractivity contribution in [1.82, 2.24) is 15.1 Å². The van der Waals surface area contributed by atoms with E-state index in [-0.39, 0.29) is 23.9 Å². The smallest absolute Gasteiger partial charge is 0.267 e. The van der Waals surface area contributed by atoms with Crippen LogP contribution in [0.5, 0.6) is 5.75 Å². The van der Waals surface area contributed by atoms with Crippen LogP contribution in [0.25, 0.3) is 0 Å². The Morgan fingerprint density at radius 3 is 2.83 bits per heavy atom. The number of ether oxygens (including phenoxy) is 1. The van der Waals surface area contributed by atoms with Crippen LogP contribution in [0, 0.1) is 6.92 Å². The molecule has 2 aromatic rings. The minimum absolute atomic E-state index is 0.0281. The largest absolute Gasteiger partial charge is 0.497 e. The van der Waals surface area contributed by atoms with Crippen LogP contribution in [-0.4, -0.2) is 34.7 Å². The molecule has 6 heteroatoms. The Kier molecular flexibility index (Phi) is 3.98. The summed E-state index contributed by atoms with van der Waals surface area (Å²) in [5.41, 5.74) is 3.37. The van der Waals surface area contributed by atoms with Crippen molar-refractivity contribution < 1.29 is 9.53 Å². The molecular formula is C17H21N3O3. The van der Waals surface area contributed by atoms with Crippen LogP contribution < -0.4 is 10.3 Å². The SMILES string of the molecule is COc1ccc2c(c1)C(C)N(C(=O)Cc1c(C)[nH][nH]c1=O)CC2. The molecule has 0 saturated carbocycles. The van der Waals surface area contributed by atoms with Gasteiger partial charge in [-0.15, -0.1) is 0 Å². The van der Waals surface area contributed by atoms with E-state index in [0.29, 0.717) is 12.1 Å². The highest BCUT2D eigenvalue weighted by atomic mass is 16.5. The summed E-state index contributed by atoms with van der Waals surface area (Å²) in [6.07, 6.45) is 0.937. The van der Waals surface area contributed by atoms with Gasteiger partial charge >= 0.3 is 0 Å². The monoisotopic (exact) mass is 315 g/mol. The lowest BCUT2D eigenvalue weighted by molar-refractivity contribution is -0.133. The third kappa shape index (κ3) is 2.76. The van der Waals surface area contributed by atoms with Crippen LogP contribution in [0.2, 0.25) is 0 Å². The predicted octanol–water partition coefficient (Wildman–Crippen LogP) is 1.71. The zero-order valence-electron chi connectivity index (χ0n) is 13.6. The first kappa shape index (κ1) is 15.4. The number of nitrogens with zero attached hydrogens (tertiary/aromatic N) is 1. The molecule has 1 unspecified atom stereocenters. The molecule has 0 radical (unpaired) electrons. The van der Waals surface area contributed by atoms with Crippen molar-refractivity contribution in [2.45, 2.75) is 32.7 Å². The van der Waals surface area contributed by atoms with Gasteiger partial charge in [-0.25, -0.2) is 0 Å². The Hall–Kier alpha value is -2.50. The number of aromatic amines is 2. The number of carbonyl (C=O) groups excluding carboxylic acids is 1. The van der Waals surface area contributed by atoms with E-state index in [9.17, 15) is 9.59 Å². The fourth-order valence-corrected chi connectivity index (χ4v) is 3.20. The topological polar surface area (TPSA) is 78.2 Å². The fourth-order valence-electron chi connectivity index (χ4n) is 3.20. The Morgan fingerprint density at radius 2 is 2.17 bits per heavy atom. The molecule has 0 bridgehead atoms. The zero-order chi connectivity index (χ0) is 16.6. The van der Waals surface area contributed by atoms with Crippen LogP contribution in [0.3, 0.4) is 0 Å². The number of aromatic nitrogens is 2. The number of aryl methyl sites for hydroxylation is 1. The van der Waals surface area contributed by atoms with Gasteiger partial charge in [-0.2, -0.15) is 0 Å². The molecule has 2 N–H and O–H groups in total. The van der Waals surface area contributed by atoms with Crippen LogP contribution in [-0.2, 0) is 17.6 Å². The Balaban J connectivity index is 1.84. The average molecular weight is 315 g/mol. The van der Waals surface area contributed by atoms with Gasteiger partial charge in [0.25, 0.3) is 5.56 Å². The predicted molar refractivity (Wildman–Crippen MR) is 86.7 cm³/mol. The average Bonchev–Trinajstić information content (AvgIpc) is 2.86. The zero-order valence-corrected chi connectivity index (χ0v) is 13.6. The summed E-state index contributed by atoms with van der Waals surface area (Å²) in [6.45, 7) is 4.48. The van der Waals surface area contributed by atoms with Crippen molar-refractivity contribution in [1.29, 1.82) is 0 Å². The molecule has 1 aromatic heterocycles. The van der Waals surface area contributed by atoms with Gasteiger partial charge < -0.3 is 14.7 Å². The lowest BCUT2D eigenvalue weighted by Crippen LogP contribution is -2.40. The minimum atomic E-state index is -0.220. The molecule has 1 aromatic carbocycles. The Bertz CT molecular complexity index is 791. The third-order valence-corrected chi connectivity index (χ3v) is 4.63. The van der Waals surface area contributed by atoms with Crippen molar-refractivity contribution >= 4 is 5.91 Å². The maximum atomic E-state index is 12.7. The summed E-state index contributed by atoms with van der Waals surface area (Å²) in [5.74, 6) is 0.766. The number of carbonyl (C=O) groups is 1. The molecule has 1 aliphatic rings. The van der Waals surface area contributed by atoms with Gasteiger partial charge in [-0.3, -0.25) is 14.7 Å². The number of nitrogens with one attached hydrogen (secondary N) is 2. The molecule has 3 rings (SSSR count). The number of methoxy groups -OCH3 is 1. The molecule has 6 nitrogen and oxygen atoms in total. The van der Waals surface area contributed by atoms with Gasteiger partial charge in [0, 0.05) is 17.8 Å². The summed E-state index contributed by atoms with van der Waals surface area (Å²) >= 11 is 0. The van der Waals surface area contributed by atoms with Crippen LogP contribution in [0.4, 0.5) is 0 Å². The van der Waals surface area contributed by atoms with Gasteiger partial charge in [0.2, 0.25) is 5.91 Å². The van der Waals surface area contributed by atoms with Crippen molar-refractivity contribution in [2.24, 2.45) is 0 Å². The molecular weight excluding hydrogens is 294 g/mol. The van der Waals surface area contributed by atoms with E-state index < -0.39 is 0 Å². The second kappa shape index (κ2) is 5.95. The first-order valence-corrected chi connectivity index (χ1v) is 7.73. The van der Waals surface area contributed by atoms with Gasteiger partial charge in [0.05, 0.1) is 19.6 Å². The molecule has 1 amide bonds. The number of amides is 1. The van der Waals surface area contributed by atoms with E-state index >= 15 is 0 Å². The lowest BCUT2D eigenvalue weighted by Gasteiger charge is -2.35. The molecule has 2 heterocycles. The fraction of sp³-hybridized carbons (Fsp3) is 0.412. The maximum absolute atomic E-state index is 12.7. The number of H-pyrrole nitrogens is 2. The normalized spacial score (nSPS) is 17.0. The summed E-state index contributed by atoms with van der Waals surface area (Å²) in [5, 5.41) is 5.28. The van der Waals surface area contributed by atoms with E-state index in [0.717, 1.165) is 23.4 Å². The second-order valence-electron chi connectivity index (χ2n) is 5.94. The molecule has 122 valence electrons. The van der Waals surface area contributed by atoms with Gasteiger partial charge in [0.1, 0.15) is 5.75 Å². The standard InChI is InChI=1S/C17H21N3O3/c1-10-14(17(22)19-18-10)9-16(21)20-7-6-12-4-5-13(23-3)8-15(12)11(20)2/h4-5,8,11H,6-7,9H2,1-3H3,(H2,18,19,22). The highest BCUT2D eigenvalue weighted by Gasteiger charge is 2.28. The van der Waals surface area contributed by atoms with E-state index in [4.69, 9.17) is 4.74 Å². The number of rotatable bonds is 3. The number of fused-ring (bicyclic) bond motifs is 1. The Labute approximate surface area is 134 Å². The molecule has 0 saturated heterocycles. The highest BCUT2D eigenvalue weighted by Crippen LogP contribution is 2.32. The van der Waals surface area contributed by atoms with Crippen LogP contribution >= 0.6 is 0 Å². The maximum Gasteiger partial charge on any atom is 0.267 e. The number of hydrogen-bond acceptors (Lipinski definition) is 3. The quantitative estimate of drug-likeness (QED) is 0.905. The van der Waals surface area contributed by atoms with Crippen molar-refractivity contribution in [3.05, 3.63) is 50.9 Å². The number of benzene rings is 1. The second-order valence-corrected chi connectivity index (χ2v) is 5.94. The van der Waals surface area contributed by atoms with E-state index in [1.807, 2.05) is 24.0 Å². The summed E-state index contributed by atoms with van der Waals surface area (Å²) in [6, 6.07) is 5.98.